The molecule has 0 saturated carbocycles. The Morgan fingerprint density at radius 3 is 2.26 bits per heavy atom. The summed E-state index contributed by atoms with van der Waals surface area (Å²) in [6, 6.07) is 16.2. The fourth-order valence-corrected chi connectivity index (χ4v) is 4.01. The average molecular weight is 466 g/mol. The molecule has 6 nitrogen and oxygen atoms in total. The van der Waals surface area contributed by atoms with Gasteiger partial charge < -0.3 is 14.6 Å². The van der Waals surface area contributed by atoms with Gasteiger partial charge in [-0.2, -0.15) is 0 Å². The van der Waals surface area contributed by atoms with E-state index in [1.807, 2.05) is 24.3 Å². The molecule has 0 bridgehead atoms. The molecule has 0 unspecified atom stereocenters. The van der Waals surface area contributed by atoms with Crippen molar-refractivity contribution in [2.45, 2.75) is 58.7 Å². The van der Waals surface area contributed by atoms with Crippen LogP contribution >= 0.6 is 0 Å². The smallest absolute Gasteiger partial charge is 0.335 e. The van der Waals surface area contributed by atoms with Gasteiger partial charge in [-0.1, -0.05) is 43.0 Å². The molecule has 182 valence electrons. The molecule has 2 rings (SSSR count). The minimum Gasteiger partial charge on any atom is -0.508 e. The van der Waals surface area contributed by atoms with E-state index in [0.717, 1.165) is 48.1 Å². The highest BCUT2D eigenvalue weighted by Crippen LogP contribution is 2.35. The molecule has 0 aromatic heterocycles. The first-order valence-electron chi connectivity index (χ1n) is 11.5. The lowest BCUT2D eigenvalue weighted by Crippen LogP contribution is -2.38. The first-order chi connectivity index (χ1) is 16.2. The van der Waals surface area contributed by atoms with Crippen LogP contribution in [0.1, 0.15) is 56.7 Å². The second-order valence-electron chi connectivity index (χ2n) is 8.62. The molecule has 0 aliphatic carbocycles. The molecule has 0 amide bonds. The molecule has 0 heterocycles. The minimum atomic E-state index is -0.707. The molecule has 2 aromatic carbocycles. The Bertz CT molecular complexity index is 974. The van der Waals surface area contributed by atoms with Crippen LogP contribution in [-0.4, -0.2) is 40.6 Å². The third kappa shape index (κ3) is 8.19. The summed E-state index contributed by atoms with van der Waals surface area (Å²) in [6.45, 7) is 12.9. The molecular formula is C28H35NO5. The summed E-state index contributed by atoms with van der Waals surface area (Å²) in [7, 11) is 0. The van der Waals surface area contributed by atoms with E-state index in [1.54, 1.807) is 12.1 Å². The first-order valence-corrected chi connectivity index (χ1v) is 11.5. The summed E-state index contributed by atoms with van der Waals surface area (Å²) in [5, 5.41) is 10.7. The maximum atomic E-state index is 11.9. The van der Waals surface area contributed by atoms with Gasteiger partial charge in [0.05, 0.1) is 6.26 Å². The predicted octanol–water partition coefficient (Wildman–Crippen LogP) is 5.32. The molecule has 6 heteroatoms. The Balaban J connectivity index is 2.22. The van der Waals surface area contributed by atoms with Crippen molar-refractivity contribution >= 4 is 11.9 Å². The van der Waals surface area contributed by atoms with Crippen molar-refractivity contribution in [3.8, 4) is 5.75 Å². The van der Waals surface area contributed by atoms with Gasteiger partial charge in [-0.3, -0.25) is 4.90 Å². The highest BCUT2D eigenvalue weighted by atomic mass is 16.5. The van der Waals surface area contributed by atoms with Gasteiger partial charge >= 0.3 is 11.9 Å². The number of hydrogen-bond donors (Lipinski definition) is 1. The van der Waals surface area contributed by atoms with E-state index in [9.17, 15) is 14.7 Å². The lowest BCUT2D eigenvalue weighted by Gasteiger charge is -2.32. The molecule has 1 N–H and O–H groups in total. The van der Waals surface area contributed by atoms with Crippen molar-refractivity contribution in [2.24, 2.45) is 0 Å². The number of nitrogens with zero attached hydrogens (tertiary/aromatic N) is 1. The number of phenols is 1. The molecule has 0 aliphatic rings. The van der Waals surface area contributed by atoms with Crippen molar-refractivity contribution < 1.29 is 24.2 Å². The molecule has 34 heavy (non-hydrogen) atoms. The Labute approximate surface area is 202 Å². The second kappa shape index (κ2) is 13.4. The fraction of sp³-hybridized carbons (Fsp3) is 0.357. The second-order valence-corrected chi connectivity index (χ2v) is 8.62. The van der Waals surface area contributed by atoms with Crippen molar-refractivity contribution in [1.29, 1.82) is 0 Å². The molecule has 1 atom stereocenters. The van der Waals surface area contributed by atoms with E-state index in [4.69, 9.17) is 4.74 Å². The molecule has 0 spiro atoms. The predicted molar refractivity (Wildman–Crippen MR) is 133 cm³/mol. The van der Waals surface area contributed by atoms with Gasteiger partial charge in [0.15, 0.2) is 0 Å². The zero-order valence-corrected chi connectivity index (χ0v) is 20.4. The maximum Gasteiger partial charge on any atom is 0.335 e. The summed E-state index contributed by atoms with van der Waals surface area (Å²) in [5.74, 6) is -1.19. The Hall–Kier alpha value is -3.38. The number of rotatable bonds is 12. The van der Waals surface area contributed by atoms with Gasteiger partial charge in [-0.15, -0.1) is 0 Å². The van der Waals surface area contributed by atoms with Crippen LogP contribution in [0.3, 0.4) is 0 Å². The Kier molecular flexibility index (Phi) is 10.6. The van der Waals surface area contributed by atoms with E-state index in [1.165, 1.54) is 0 Å². The van der Waals surface area contributed by atoms with Crippen LogP contribution in [0.25, 0.3) is 0 Å². The summed E-state index contributed by atoms with van der Waals surface area (Å²) < 4.78 is 9.77. The molecule has 0 aliphatic heterocycles. The van der Waals surface area contributed by atoms with Gasteiger partial charge in [0.2, 0.25) is 0 Å². The highest BCUT2D eigenvalue weighted by molar-refractivity contribution is 5.91. The number of hydrogen-bond acceptors (Lipinski definition) is 6. The van der Waals surface area contributed by atoms with Crippen molar-refractivity contribution in [2.75, 3.05) is 6.54 Å². The zero-order valence-electron chi connectivity index (χ0n) is 20.4. The van der Waals surface area contributed by atoms with Gasteiger partial charge in [0.1, 0.15) is 12.4 Å². The third-order valence-electron chi connectivity index (χ3n) is 5.61. The molecular weight excluding hydrogens is 430 g/mol. The molecule has 2 aromatic rings. The standard InChI is InChI=1S/C28H35NO5/c1-6-33-27(31)14-15-28(32)34-19-22-12-13-26(30)25(18-22)24(23-10-8-7-9-11-23)16-17-29(20(2)3)21(4)5/h6-15,18,20-21,24,30H,1,16-17,19H2,2-5H3/b15-14+/t24-/m1/s1. The van der Waals surface area contributed by atoms with Crippen LogP contribution in [0.5, 0.6) is 5.75 Å². The normalized spacial score (nSPS) is 12.3. The monoisotopic (exact) mass is 465 g/mol. The van der Waals surface area contributed by atoms with Gasteiger partial charge in [-0.05, 0) is 63.9 Å². The van der Waals surface area contributed by atoms with Gasteiger partial charge in [0.25, 0.3) is 0 Å². The Morgan fingerprint density at radius 1 is 1.00 bits per heavy atom. The SMILES string of the molecule is C=COC(=O)/C=C/C(=O)OCc1ccc(O)c([C@H](CCN(C(C)C)C(C)C)c2ccccc2)c1. The van der Waals surface area contributed by atoms with Crippen molar-refractivity contribution in [3.05, 3.63) is 90.2 Å². The van der Waals surface area contributed by atoms with E-state index >= 15 is 0 Å². The molecule has 0 saturated heterocycles. The Morgan fingerprint density at radius 2 is 1.65 bits per heavy atom. The van der Waals surface area contributed by atoms with E-state index in [0.29, 0.717) is 12.1 Å². The number of ether oxygens (including phenoxy) is 2. The highest BCUT2D eigenvalue weighted by Gasteiger charge is 2.22. The number of carbonyl (C=O) groups is 2. The summed E-state index contributed by atoms with van der Waals surface area (Å²) in [5.41, 5.74) is 2.65. The van der Waals surface area contributed by atoms with E-state index in [2.05, 4.69) is 56.0 Å². The maximum absolute atomic E-state index is 11.9. The van der Waals surface area contributed by atoms with Gasteiger partial charge in [0, 0.05) is 35.7 Å². The van der Waals surface area contributed by atoms with Crippen molar-refractivity contribution in [3.63, 3.8) is 0 Å². The molecule has 0 fully saturated rings. The topological polar surface area (TPSA) is 76.1 Å². The van der Waals surface area contributed by atoms with E-state index in [-0.39, 0.29) is 18.3 Å². The van der Waals surface area contributed by atoms with Crippen LogP contribution in [0.15, 0.2) is 73.5 Å². The summed E-state index contributed by atoms with van der Waals surface area (Å²) >= 11 is 0. The van der Waals surface area contributed by atoms with Crippen LogP contribution in [-0.2, 0) is 25.7 Å². The zero-order chi connectivity index (χ0) is 25.1. The molecule has 0 radical (unpaired) electrons. The lowest BCUT2D eigenvalue weighted by atomic mass is 9.86. The summed E-state index contributed by atoms with van der Waals surface area (Å²) in [4.78, 5) is 25.7. The average Bonchev–Trinajstić information content (AvgIpc) is 2.80. The van der Waals surface area contributed by atoms with Crippen LogP contribution < -0.4 is 0 Å². The first kappa shape index (κ1) is 26.9. The third-order valence-corrected chi connectivity index (χ3v) is 5.61. The number of aromatic hydroxyl groups is 1. The minimum absolute atomic E-state index is 0.0125. The van der Waals surface area contributed by atoms with Gasteiger partial charge in [-0.25, -0.2) is 9.59 Å². The quantitative estimate of drug-likeness (QED) is 0.260. The number of phenolic OH excluding ortho intramolecular Hbond substituents is 1. The number of benzene rings is 2. The number of esters is 2. The largest absolute Gasteiger partial charge is 0.508 e. The summed E-state index contributed by atoms with van der Waals surface area (Å²) in [6.07, 6.45) is 3.80. The lowest BCUT2D eigenvalue weighted by molar-refractivity contribution is -0.139. The van der Waals surface area contributed by atoms with Crippen LogP contribution in [0, 0.1) is 0 Å². The number of carbonyl (C=O) groups excluding carboxylic acids is 2. The van der Waals surface area contributed by atoms with E-state index < -0.39 is 11.9 Å². The fourth-order valence-electron chi connectivity index (χ4n) is 4.01. The van der Waals surface area contributed by atoms with Crippen LogP contribution in [0.4, 0.5) is 0 Å². The van der Waals surface area contributed by atoms with Crippen LogP contribution in [0.2, 0.25) is 0 Å². The van der Waals surface area contributed by atoms with Crippen molar-refractivity contribution in [1.82, 2.24) is 4.90 Å².